The van der Waals surface area contributed by atoms with Crippen LogP contribution in [0.25, 0.3) is 6.08 Å². The number of phenolic OH excluding ortho intramolecular Hbond substituents is 1. The molecule has 0 heterocycles. The molecule has 2 aromatic rings. The summed E-state index contributed by atoms with van der Waals surface area (Å²) in [7, 11) is 0. The van der Waals surface area contributed by atoms with Crippen LogP contribution in [0.2, 0.25) is 0 Å². The first-order valence-corrected chi connectivity index (χ1v) is 8.57. The number of alkyl carbamates (subject to hydrolysis) is 1. The Morgan fingerprint density at radius 1 is 1.15 bits per heavy atom. The number of carbonyl (C=O) groups is 2. The number of amides is 1. The van der Waals surface area contributed by atoms with Crippen LogP contribution in [0.3, 0.4) is 0 Å². The largest absolute Gasteiger partial charge is 0.507 e. The maximum atomic E-state index is 11.8. The molecule has 0 fully saturated rings. The van der Waals surface area contributed by atoms with Gasteiger partial charge in [0, 0.05) is 13.0 Å². The van der Waals surface area contributed by atoms with E-state index in [0.717, 1.165) is 11.1 Å². The summed E-state index contributed by atoms with van der Waals surface area (Å²) in [6.07, 6.45) is 4.25. The molecule has 0 bridgehead atoms. The lowest BCUT2D eigenvalue weighted by molar-refractivity contribution is 0.0985. The molecular weight excluding hydrogens is 330 g/mol. The van der Waals surface area contributed by atoms with Gasteiger partial charge in [-0.25, -0.2) is 4.79 Å². The Kier molecular flexibility index (Phi) is 7.43. The molecule has 5 nitrogen and oxygen atoms in total. The van der Waals surface area contributed by atoms with E-state index >= 15 is 0 Å². The van der Waals surface area contributed by atoms with Crippen molar-refractivity contribution in [1.82, 2.24) is 5.32 Å². The van der Waals surface area contributed by atoms with E-state index in [2.05, 4.69) is 5.32 Å². The fourth-order valence-electron chi connectivity index (χ4n) is 2.32. The van der Waals surface area contributed by atoms with Crippen LogP contribution in [0.4, 0.5) is 4.79 Å². The van der Waals surface area contributed by atoms with Gasteiger partial charge in [-0.05, 0) is 29.7 Å². The van der Waals surface area contributed by atoms with Gasteiger partial charge in [0.15, 0.2) is 5.78 Å². The maximum Gasteiger partial charge on any atom is 0.407 e. The molecule has 0 radical (unpaired) electrons. The molecule has 0 aliphatic rings. The molecule has 0 unspecified atom stereocenters. The number of phenols is 1. The van der Waals surface area contributed by atoms with E-state index in [4.69, 9.17) is 4.74 Å². The molecule has 2 rings (SSSR count). The number of Topliss-reactive ketones (excluding diaryl/α,β-unsaturated/α-hetero) is 1. The molecule has 136 valence electrons. The van der Waals surface area contributed by atoms with E-state index in [-0.39, 0.29) is 18.1 Å². The fourth-order valence-corrected chi connectivity index (χ4v) is 2.32. The third kappa shape index (κ3) is 6.09. The lowest BCUT2D eigenvalue weighted by Gasteiger charge is -2.06. The highest BCUT2D eigenvalue weighted by Gasteiger charge is 2.08. The minimum atomic E-state index is -0.456. The van der Waals surface area contributed by atoms with Gasteiger partial charge in [-0.1, -0.05) is 55.5 Å². The Morgan fingerprint density at radius 3 is 2.65 bits per heavy atom. The molecule has 0 atom stereocenters. The predicted molar refractivity (Wildman–Crippen MR) is 101 cm³/mol. The van der Waals surface area contributed by atoms with Crippen molar-refractivity contribution in [2.75, 3.05) is 6.54 Å². The Bertz CT molecular complexity index is 769. The molecule has 0 saturated heterocycles. The van der Waals surface area contributed by atoms with Crippen LogP contribution >= 0.6 is 0 Å². The highest BCUT2D eigenvalue weighted by molar-refractivity contribution is 5.98. The minimum absolute atomic E-state index is 0.00294. The van der Waals surface area contributed by atoms with Gasteiger partial charge in [0.25, 0.3) is 0 Å². The van der Waals surface area contributed by atoms with Gasteiger partial charge in [0.1, 0.15) is 12.4 Å². The van der Waals surface area contributed by atoms with E-state index in [0.29, 0.717) is 24.9 Å². The zero-order valence-electron chi connectivity index (χ0n) is 14.8. The van der Waals surface area contributed by atoms with Gasteiger partial charge < -0.3 is 15.2 Å². The van der Waals surface area contributed by atoms with E-state index < -0.39 is 6.09 Å². The standard InChI is InChI=1S/C21H23NO4/c1-2-19(23)18-14-16(11-12-20(18)24)8-6-7-13-22-21(25)26-15-17-9-4-3-5-10-17/h3-6,8-12,14,24H,2,7,13,15H2,1H3,(H,22,25). The minimum Gasteiger partial charge on any atom is -0.507 e. The number of ketones is 1. The van der Waals surface area contributed by atoms with Gasteiger partial charge >= 0.3 is 6.09 Å². The van der Waals surface area contributed by atoms with E-state index in [1.54, 1.807) is 19.1 Å². The molecule has 0 aliphatic carbocycles. The molecule has 0 spiro atoms. The lowest BCUT2D eigenvalue weighted by atomic mass is 10.0. The maximum absolute atomic E-state index is 11.8. The van der Waals surface area contributed by atoms with Crippen molar-refractivity contribution in [3.8, 4) is 5.75 Å². The topological polar surface area (TPSA) is 75.6 Å². The second kappa shape index (κ2) is 10.0. The summed E-state index contributed by atoms with van der Waals surface area (Å²) in [5.74, 6) is -0.0996. The Morgan fingerprint density at radius 2 is 1.92 bits per heavy atom. The molecule has 2 aromatic carbocycles. The van der Waals surface area contributed by atoms with Crippen LogP contribution in [-0.4, -0.2) is 23.5 Å². The molecule has 5 heteroatoms. The van der Waals surface area contributed by atoms with Crippen molar-refractivity contribution in [2.45, 2.75) is 26.4 Å². The van der Waals surface area contributed by atoms with Crippen LogP contribution in [0, 0.1) is 0 Å². The monoisotopic (exact) mass is 353 g/mol. The molecule has 0 aromatic heterocycles. The first kappa shape index (κ1) is 19.2. The number of rotatable bonds is 8. The first-order valence-electron chi connectivity index (χ1n) is 8.57. The highest BCUT2D eigenvalue weighted by Crippen LogP contribution is 2.21. The van der Waals surface area contributed by atoms with Crippen molar-refractivity contribution in [3.63, 3.8) is 0 Å². The first-order chi connectivity index (χ1) is 12.6. The Balaban J connectivity index is 1.74. The second-order valence-corrected chi connectivity index (χ2v) is 5.73. The third-order valence-corrected chi connectivity index (χ3v) is 3.75. The van der Waals surface area contributed by atoms with Gasteiger partial charge in [-0.3, -0.25) is 4.79 Å². The average Bonchev–Trinajstić information content (AvgIpc) is 2.67. The van der Waals surface area contributed by atoms with Gasteiger partial charge in [0.2, 0.25) is 0 Å². The number of benzene rings is 2. The van der Waals surface area contributed by atoms with E-state index in [9.17, 15) is 14.7 Å². The van der Waals surface area contributed by atoms with Crippen LogP contribution < -0.4 is 5.32 Å². The average molecular weight is 353 g/mol. The molecule has 2 N–H and O–H groups in total. The molecule has 26 heavy (non-hydrogen) atoms. The zero-order chi connectivity index (χ0) is 18.8. The van der Waals surface area contributed by atoms with Crippen LogP contribution in [0.5, 0.6) is 5.75 Å². The lowest BCUT2D eigenvalue weighted by Crippen LogP contribution is -2.24. The highest BCUT2D eigenvalue weighted by atomic mass is 16.5. The van der Waals surface area contributed by atoms with Gasteiger partial charge in [0.05, 0.1) is 5.56 Å². The van der Waals surface area contributed by atoms with Crippen LogP contribution in [-0.2, 0) is 11.3 Å². The van der Waals surface area contributed by atoms with Crippen molar-refractivity contribution in [2.24, 2.45) is 0 Å². The smallest absolute Gasteiger partial charge is 0.407 e. The predicted octanol–water partition coefficient (Wildman–Crippen LogP) is 4.31. The van der Waals surface area contributed by atoms with Crippen molar-refractivity contribution in [3.05, 3.63) is 71.3 Å². The number of nitrogens with one attached hydrogen (secondary N) is 1. The summed E-state index contributed by atoms with van der Waals surface area (Å²) in [5, 5.41) is 12.4. The fraction of sp³-hybridized carbons (Fsp3) is 0.238. The van der Waals surface area contributed by atoms with Crippen LogP contribution in [0.15, 0.2) is 54.6 Å². The van der Waals surface area contributed by atoms with Gasteiger partial charge in [-0.2, -0.15) is 0 Å². The van der Waals surface area contributed by atoms with Crippen molar-refractivity contribution < 1.29 is 19.4 Å². The van der Waals surface area contributed by atoms with E-state index in [1.807, 2.05) is 42.5 Å². The normalized spacial score (nSPS) is 10.7. The SMILES string of the molecule is CCC(=O)c1cc(C=CCCNC(=O)OCc2ccccc2)ccc1O. The van der Waals surface area contributed by atoms with E-state index in [1.165, 1.54) is 6.07 Å². The summed E-state index contributed by atoms with van der Waals surface area (Å²) < 4.78 is 5.12. The summed E-state index contributed by atoms with van der Waals surface area (Å²) in [6, 6.07) is 14.4. The Labute approximate surface area is 153 Å². The number of hydrogen-bond donors (Lipinski definition) is 2. The van der Waals surface area contributed by atoms with Crippen molar-refractivity contribution in [1.29, 1.82) is 0 Å². The summed E-state index contributed by atoms with van der Waals surface area (Å²) >= 11 is 0. The third-order valence-electron chi connectivity index (χ3n) is 3.75. The molecule has 0 aliphatic heterocycles. The second-order valence-electron chi connectivity index (χ2n) is 5.73. The molecule has 0 saturated carbocycles. The quantitative estimate of drug-likeness (QED) is 0.547. The zero-order valence-corrected chi connectivity index (χ0v) is 14.8. The summed E-state index contributed by atoms with van der Waals surface area (Å²) in [4.78, 5) is 23.4. The summed E-state index contributed by atoms with van der Waals surface area (Å²) in [5.41, 5.74) is 2.09. The number of carbonyl (C=O) groups excluding carboxylic acids is 2. The number of aromatic hydroxyl groups is 1. The molecular formula is C21H23NO4. The van der Waals surface area contributed by atoms with Crippen LogP contribution in [0.1, 0.15) is 41.3 Å². The Hall–Kier alpha value is -3.08. The van der Waals surface area contributed by atoms with Gasteiger partial charge in [-0.15, -0.1) is 0 Å². The number of hydrogen-bond acceptors (Lipinski definition) is 4. The molecule has 1 amide bonds. The van der Waals surface area contributed by atoms with Crippen molar-refractivity contribution >= 4 is 18.0 Å². The number of ether oxygens (including phenoxy) is 1. The summed E-state index contributed by atoms with van der Waals surface area (Å²) in [6.45, 7) is 2.44.